The Morgan fingerprint density at radius 3 is 2.24 bits per heavy atom. The van der Waals surface area contributed by atoms with Gasteiger partial charge in [-0.25, -0.2) is 0 Å². The summed E-state index contributed by atoms with van der Waals surface area (Å²) in [6.45, 7) is 5.67. The largest absolute Gasteiger partial charge is 0.481 e. The number of aliphatic carboxylic acids is 2. The number of carboxylic acid groups (broad SMARTS) is 2. The highest BCUT2D eigenvalue weighted by atomic mass is 16.4. The molecule has 0 aromatic rings. The van der Waals surface area contributed by atoms with E-state index in [-0.39, 0.29) is 11.8 Å². The van der Waals surface area contributed by atoms with E-state index in [2.05, 4.69) is 0 Å². The maximum atomic E-state index is 11.6. The average Bonchev–Trinajstić information content (AvgIpc) is 2.27. The first-order valence-corrected chi connectivity index (χ1v) is 6.36. The molecular weight excluding hydrogens is 220 g/mol. The van der Waals surface area contributed by atoms with Crippen LogP contribution in [0.5, 0.6) is 0 Å². The summed E-state index contributed by atoms with van der Waals surface area (Å²) in [6, 6.07) is 0. The first kappa shape index (κ1) is 14.0. The molecule has 17 heavy (non-hydrogen) atoms. The number of carboxylic acids is 2. The van der Waals surface area contributed by atoms with Crippen LogP contribution in [0.4, 0.5) is 0 Å². The van der Waals surface area contributed by atoms with Gasteiger partial charge in [0.1, 0.15) is 0 Å². The van der Waals surface area contributed by atoms with Gasteiger partial charge in [0, 0.05) is 0 Å². The van der Waals surface area contributed by atoms with Gasteiger partial charge in [0.2, 0.25) is 0 Å². The van der Waals surface area contributed by atoms with Crippen LogP contribution in [0, 0.1) is 23.2 Å². The maximum absolute atomic E-state index is 11.6. The van der Waals surface area contributed by atoms with Gasteiger partial charge in [0.15, 0.2) is 0 Å². The zero-order valence-corrected chi connectivity index (χ0v) is 10.8. The topological polar surface area (TPSA) is 74.6 Å². The van der Waals surface area contributed by atoms with Gasteiger partial charge in [-0.3, -0.25) is 9.59 Å². The van der Waals surface area contributed by atoms with Crippen molar-refractivity contribution in [3.05, 3.63) is 0 Å². The molecule has 0 spiro atoms. The van der Waals surface area contributed by atoms with Crippen LogP contribution in [0.2, 0.25) is 0 Å². The first-order valence-electron chi connectivity index (χ1n) is 6.36. The van der Waals surface area contributed by atoms with Crippen LogP contribution in [-0.2, 0) is 9.59 Å². The summed E-state index contributed by atoms with van der Waals surface area (Å²) in [7, 11) is 0. The van der Waals surface area contributed by atoms with E-state index in [9.17, 15) is 19.8 Å². The van der Waals surface area contributed by atoms with Crippen LogP contribution in [0.25, 0.3) is 0 Å². The van der Waals surface area contributed by atoms with E-state index in [4.69, 9.17) is 0 Å². The molecule has 4 nitrogen and oxygen atoms in total. The van der Waals surface area contributed by atoms with Crippen molar-refractivity contribution in [1.29, 1.82) is 0 Å². The molecule has 98 valence electrons. The fourth-order valence-corrected chi connectivity index (χ4v) is 3.51. The quantitative estimate of drug-likeness (QED) is 0.794. The third-order valence-electron chi connectivity index (χ3n) is 4.58. The van der Waals surface area contributed by atoms with E-state index in [1.165, 1.54) is 0 Å². The van der Waals surface area contributed by atoms with Crippen molar-refractivity contribution in [2.24, 2.45) is 23.2 Å². The van der Waals surface area contributed by atoms with Gasteiger partial charge in [0.05, 0.1) is 11.3 Å². The minimum atomic E-state index is -0.844. The lowest BCUT2D eigenvalue weighted by Gasteiger charge is -2.46. The smallest absolute Gasteiger partial charge is 0.309 e. The van der Waals surface area contributed by atoms with E-state index in [1.54, 1.807) is 0 Å². The fraction of sp³-hybridized carbons (Fsp3) is 0.846. The normalized spacial score (nSPS) is 37.7. The molecule has 1 rings (SSSR count). The molecule has 0 bridgehead atoms. The van der Waals surface area contributed by atoms with Crippen molar-refractivity contribution in [3.63, 3.8) is 0 Å². The van der Waals surface area contributed by atoms with Crippen LogP contribution >= 0.6 is 0 Å². The fourth-order valence-electron chi connectivity index (χ4n) is 3.51. The minimum Gasteiger partial charge on any atom is -0.481 e. The molecule has 4 heteroatoms. The Labute approximate surface area is 102 Å². The van der Waals surface area contributed by atoms with Crippen molar-refractivity contribution in [2.45, 2.75) is 46.5 Å². The van der Waals surface area contributed by atoms with Crippen LogP contribution in [-0.4, -0.2) is 22.2 Å². The lowest BCUT2D eigenvalue weighted by atomic mass is 9.56. The van der Waals surface area contributed by atoms with Gasteiger partial charge in [-0.1, -0.05) is 27.2 Å². The number of carbonyl (C=O) groups is 2. The Morgan fingerprint density at radius 1 is 1.29 bits per heavy atom. The molecule has 0 saturated heterocycles. The Morgan fingerprint density at radius 2 is 1.88 bits per heavy atom. The van der Waals surface area contributed by atoms with Crippen molar-refractivity contribution in [1.82, 2.24) is 0 Å². The minimum absolute atomic E-state index is 0.0662. The predicted octanol–water partition coefficient (Wildman–Crippen LogP) is 2.62. The highest BCUT2D eigenvalue weighted by Gasteiger charge is 2.53. The standard InChI is InChI=1S/C13H22O4/c1-4-9-10(11(14)15)8(3)6-7-13(9,5-2)12(16)17/h8-10H,4-7H2,1-3H3,(H,14,15)(H,16,17). The zero-order chi connectivity index (χ0) is 13.2. The van der Waals surface area contributed by atoms with Gasteiger partial charge in [0.25, 0.3) is 0 Å². The summed E-state index contributed by atoms with van der Waals surface area (Å²) in [5.41, 5.74) is -0.843. The van der Waals surface area contributed by atoms with E-state index in [0.717, 1.165) is 0 Å². The molecular formula is C13H22O4. The lowest BCUT2D eigenvalue weighted by molar-refractivity contribution is -0.166. The summed E-state index contributed by atoms with van der Waals surface area (Å²) < 4.78 is 0. The molecule has 0 aliphatic heterocycles. The highest BCUT2D eigenvalue weighted by molar-refractivity contribution is 5.78. The molecule has 1 aliphatic rings. The second-order valence-corrected chi connectivity index (χ2v) is 5.21. The maximum Gasteiger partial charge on any atom is 0.309 e. The van der Waals surface area contributed by atoms with Gasteiger partial charge in [-0.15, -0.1) is 0 Å². The SMILES string of the molecule is CCC1C(C(=O)O)C(C)CCC1(CC)C(=O)O. The van der Waals surface area contributed by atoms with Crippen molar-refractivity contribution in [3.8, 4) is 0 Å². The van der Waals surface area contributed by atoms with Gasteiger partial charge < -0.3 is 10.2 Å². The predicted molar refractivity (Wildman–Crippen MR) is 63.7 cm³/mol. The monoisotopic (exact) mass is 242 g/mol. The van der Waals surface area contributed by atoms with Gasteiger partial charge >= 0.3 is 11.9 Å². The summed E-state index contributed by atoms with van der Waals surface area (Å²) >= 11 is 0. The average molecular weight is 242 g/mol. The molecule has 0 aromatic heterocycles. The van der Waals surface area contributed by atoms with Crippen molar-refractivity contribution >= 4 is 11.9 Å². The van der Waals surface area contributed by atoms with Gasteiger partial charge in [-0.2, -0.15) is 0 Å². The third-order valence-corrected chi connectivity index (χ3v) is 4.58. The van der Waals surface area contributed by atoms with Crippen LogP contribution < -0.4 is 0 Å². The second-order valence-electron chi connectivity index (χ2n) is 5.21. The zero-order valence-electron chi connectivity index (χ0n) is 10.8. The first-order chi connectivity index (χ1) is 7.90. The Hall–Kier alpha value is -1.06. The highest BCUT2D eigenvalue weighted by Crippen LogP contribution is 2.50. The third kappa shape index (κ3) is 2.17. The molecule has 1 fully saturated rings. The van der Waals surface area contributed by atoms with E-state index in [0.29, 0.717) is 25.7 Å². The molecule has 0 heterocycles. The number of hydrogen-bond acceptors (Lipinski definition) is 2. The van der Waals surface area contributed by atoms with Crippen LogP contribution in [0.15, 0.2) is 0 Å². The lowest BCUT2D eigenvalue weighted by Crippen LogP contribution is -2.49. The number of rotatable bonds is 4. The Kier molecular flexibility index (Phi) is 4.17. The molecule has 4 atom stereocenters. The van der Waals surface area contributed by atoms with E-state index < -0.39 is 23.3 Å². The van der Waals surface area contributed by atoms with Crippen molar-refractivity contribution < 1.29 is 19.8 Å². The Balaban J connectivity index is 3.16. The molecule has 1 aliphatic carbocycles. The number of hydrogen-bond donors (Lipinski definition) is 2. The summed E-state index contributed by atoms with van der Waals surface area (Å²) in [5.74, 6) is -2.39. The summed E-state index contributed by atoms with van der Waals surface area (Å²) in [5, 5.41) is 18.8. The Bertz CT molecular complexity index is 313. The van der Waals surface area contributed by atoms with Crippen LogP contribution in [0.3, 0.4) is 0 Å². The van der Waals surface area contributed by atoms with E-state index >= 15 is 0 Å². The van der Waals surface area contributed by atoms with Crippen molar-refractivity contribution in [2.75, 3.05) is 0 Å². The molecule has 0 amide bonds. The summed E-state index contributed by atoms with van der Waals surface area (Å²) in [4.78, 5) is 22.9. The van der Waals surface area contributed by atoms with E-state index in [1.807, 2.05) is 20.8 Å². The second kappa shape index (κ2) is 5.07. The molecule has 4 unspecified atom stereocenters. The molecule has 1 saturated carbocycles. The van der Waals surface area contributed by atoms with Gasteiger partial charge in [-0.05, 0) is 31.1 Å². The molecule has 2 N–H and O–H groups in total. The van der Waals surface area contributed by atoms with Crippen LogP contribution in [0.1, 0.15) is 46.5 Å². The summed E-state index contributed by atoms with van der Waals surface area (Å²) in [6.07, 6.45) is 2.41. The molecule has 0 radical (unpaired) electrons. The molecule has 0 aromatic carbocycles.